The van der Waals surface area contributed by atoms with Crippen LogP contribution < -0.4 is 12.4 Å². The largest absolute Gasteiger partial charge is 1.00 e. The van der Waals surface area contributed by atoms with Crippen LogP contribution in [0.4, 0.5) is 0 Å². The van der Waals surface area contributed by atoms with Gasteiger partial charge in [-0.2, -0.15) is 10.2 Å². The molecule has 4 heterocycles. The second kappa shape index (κ2) is 11.1. The van der Waals surface area contributed by atoms with Crippen LogP contribution in [0.2, 0.25) is 0 Å². The third-order valence-electron chi connectivity index (χ3n) is 9.44. The van der Waals surface area contributed by atoms with Crippen molar-refractivity contribution in [3.8, 4) is 0 Å². The fraction of sp³-hybridized carbons (Fsp3) is 0.516. The van der Waals surface area contributed by atoms with Gasteiger partial charge in [0.1, 0.15) is 12.3 Å². The lowest BCUT2D eigenvalue weighted by atomic mass is 9.74. The molecule has 5 aliphatic rings. The third kappa shape index (κ3) is 4.88. The van der Waals surface area contributed by atoms with Gasteiger partial charge in [-0.1, -0.05) is 86.3 Å². The normalized spacial score (nSPS) is 29.0. The van der Waals surface area contributed by atoms with E-state index < -0.39 is 5.41 Å². The molecule has 0 radical (unpaired) electrons. The second-order valence-electron chi connectivity index (χ2n) is 11.4. The minimum atomic E-state index is -0.503. The smallest absolute Gasteiger partial charge is 0.317 e. The molecule has 3 saturated heterocycles. The molecule has 1 unspecified atom stereocenters. The zero-order valence-electron chi connectivity index (χ0n) is 21.6. The Bertz CT molecular complexity index is 1120. The van der Waals surface area contributed by atoms with Crippen LogP contribution in [0.15, 0.2) is 70.9 Å². The number of hydrogen-bond donors (Lipinski definition) is 0. The number of quaternary nitrogens is 1. The second-order valence-corrected chi connectivity index (χ2v) is 11.4. The van der Waals surface area contributed by atoms with Gasteiger partial charge in [-0.25, -0.2) is 0 Å². The first-order chi connectivity index (χ1) is 17.7. The zero-order chi connectivity index (χ0) is 24.4. The average Bonchev–Trinajstić information content (AvgIpc) is 3.33. The van der Waals surface area contributed by atoms with Gasteiger partial charge in [0.15, 0.2) is 12.1 Å². The summed E-state index contributed by atoms with van der Waals surface area (Å²) in [4.78, 5) is 14.1. The number of halogens is 1. The molecular formula is C31H38ClN3O2. The van der Waals surface area contributed by atoms with Crippen LogP contribution in [0.5, 0.6) is 0 Å². The van der Waals surface area contributed by atoms with Gasteiger partial charge < -0.3 is 21.6 Å². The van der Waals surface area contributed by atoms with Gasteiger partial charge in [0, 0.05) is 37.0 Å². The molecule has 0 spiro atoms. The van der Waals surface area contributed by atoms with Crippen LogP contribution in [0.1, 0.15) is 75.0 Å². The van der Waals surface area contributed by atoms with E-state index in [1.807, 2.05) is 12.3 Å². The molecule has 1 aliphatic carbocycles. The average molecular weight is 520 g/mol. The summed E-state index contributed by atoms with van der Waals surface area (Å²) in [6.45, 7) is 3.10. The van der Waals surface area contributed by atoms with Crippen molar-refractivity contribution in [2.45, 2.75) is 75.3 Å². The number of esters is 1. The molecule has 0 N–H and O–H groups in total. The van der Waals surface area contributed by atoms with Crippen molar-refractivity contribution in [2.24, 2.45) is 16.1 Å². The number of benzene rings is 2. The summed E-state index contributed by atoms with van der Waals surface area (Å²) >= 11 is 0. The molecule has 7 rings (SSSR count). The fourth-order valence-corrected chi connectivity index (χ4v) is 7.53. The summed E-state index contributed by atoms with van der Waals surface area (Å²) < 4.78 is 7.56. The van der Waals surface area contributed by atoms with E-state index in [0.717, 1.165) is 80.3 Å². The Hall–Kier alpha value is -2.50. The number of carbonyl (C=O) groups is 1. The molecule has 0 aromatic heterocycles. The summed E-state index contributed by atoms with van der Waals surface area (Å²) in [5.74, 6) is 0.482. The van der Waals surface area contributed by atoms with Crippen molar-refractivity contribution < 1.29 is 26.4 Å². The monoisotopic (exact) mass is 519 g/mol. The molecule has 5 nitrogen and oxygen atoms in total. The fourth-order valence-electron chi connectivity index (χ4n) is 7.53. The summed E-state index contributed by atoms with van der Waals surface area (Å²) in [5, 5.41) is 8.81. The Kier molecular flexibility index (Phi) is 7.83. The van der Waals surface area contributed by atoms with E-state index in [-0.39, 0.29) is 30.5 Å². The van der Waals surface area contributed by atoms with Crippen molar-refractivity contribution in [1.29, 1.82) is 0 Å². The van der Waals surface area contributed by atoms with Crippen LogP contribution in [0.3, 0.4) is 0 Å². The topological polar surface area (TPSA) is 51.0 Å². The SMILES string of the molecule is O=C(O[C@H]1C[N+]2(C(C3=NN=CC3)c3ccccc3)CCC1CC2)C1(c2ccccc2)CCCCCC1.[Cl-]. The lowest BCUT2D eigenvalue weighted by Crippen LogP contribution is -3.00. The van der Waals surface area contributed by atoms with Crippen LogP contribution in [-0.4, -0.2) is 48.1 Å². The molecule has 2 atom stereocenters. The van der Waals surface area contributed by atoms with Crippen molar-refractivity contribution in [1.82, 2.24) is 0 Å². The van der Waals surface area contributed by atoms with E-state index in [0.29, 0.717) is 5.92 Å². The van der Waals surface area contributed by atoms with E-state index in [4.69, 9.17) is 4.74 Å². The first-order valence-corrected chi connectivity index (χ1v) is 14.0. The number of carbonyl (C=O) groups excluding carboxylic acids is 1. The van der Waals surface area contributed by atoms with Crippen molar-refractivity contribution >= 4 is 17.9 Å². The van der Waals surface area contributed by atoms with Gasteiger partial charge in [0.05, 0.1) is 18.5 Å². The molecule has 37 heavy (non-hydrogen) atoms. The van der Waals surface area contributed by atoms with Crippen molar-refractivity contribution in [2.75, 3.05) is 19.6 Å². The number of ether oxygens (including phenoxy) is 1. The van der Waals surface area contributed by atoms with Gasteiger partial charge in [-0.3, -0.25) is 4.79 Å². The highest BCUT2D eigenvalue weighted by Crippen LogP contribution is 2.46. The molecule has 196 valence electrons. The van der Waals surface area contributed by atoms with Crippen LogP contribution in [0.25, 0.3) is 0 Å². The van der Waals surface area contributed by atoms with Crippen LogP contribution >= 0.6 is 0 Å². The summed E-state index contributed by atoms with van der Waals surface area (Å²) in [7, 11) is 0. The molecule has 6 heteroatoms. The maximum Gasteiger partial charge on any atom is 0.317 e. The first-order valence-electron chi connectivity index (χ1n) is 14.0. The lowest BCUT2D eigenvalue weighted by molar-refractivity contribution is -0.964. The zero-order valence-corrected chi connectivity index (χ0v) is 22.4. The molecule has 2 aromatic carbocycles. The molecular weight excluding hydrogens is 482 g/mol. The first kappa shape index (κ1) is 26.1. The summed E-state index contributed by atoms with van der Waals surface area (Å²) in [5.41, 5.74) is 3.09. The Balaban J connectivity index is 0.00000280. The molecule has 2 bridgehead atoms. The van der Waals surface area contributed by atoms with E-state index in [2.05, 4.69) is 64.8 Å². The Morgan fingerprint density at radius 2 is 1.57 bits per heavy atom. The number of piperidine rings is 3. The standard InChI is InChI=1S/C31H38N3O2.ClH/c35-30(31(18-9-1-2-10-19-31)26-13-7-4-8-14-26)36-28-23-34(21-16-24(28)17-22-34)29(27-15-20-32-33-27)25-11-5-3-6-12-25;/h3-8,11-14,20,24,28-29H,1-2,9-10,15-19,21-23H2;1H/q+1;/p-1/t24?,28-,29?,34?;/m0./s1. The predicted octanol–water partition coefficient (Wildman–Crippen LogP) is 3.01. The van der Waals surface area contributed by atoms with Crippen molar-refractivity contribution in [3.05, 3.63) is 71.8 Å². The number of hydrogen-bond acceptors (Lipinski definition) is 4. The lowest BCUT2D eigenvalue weighted by Gasteiger charge is -2.55. The predicted molar refractivity (Wildman–Crippen MR) is 143 cm³/mol. The highest BCUT2D eigenvalue weighted by molar-refractivity contribution is 6.01. The Morgan fingerprint density at radius 3 is 2.19 bits per heavy atom. The molecule has 0 amide bonds. The molecule has 4 aliphatic heterocycles. The highest BCUT2D eigenvalue weighted by Gasteiger charge is 2.54. The maximum absolute atomic E-state index is 14.1. The van der Waals surface area contributed by atoms with Crippen LogP contribution in [-0.2, 0) is 14.9 Å². The minimum Gasteiger partial charge on any atom is -1.00 e. The minimum absolute atomic E-state index is 0. The molecule has 4 fully saturated rings. The quantitative estimate of drug-likeness (QED) is 0.335. The van der Waals surface area contributed by atoms with E-state index in [1.165, 1.54) is 18.4 Å². The maximum atomic E-state index is 14.1. The summed E-state index contributed by atoms with van der Waals surface area (Å²) in [6, 6.07) is 21.4. The Labute approximate surface area is 227 Å². The summed E-state index contributed by atoms with van der Waals surface area (Å²) in [6.07, 6.45) is 11.3. The number of fused-ring (bicyclic) bond motifs is 3. The van der Waals surface area contributed by atoms with Gasteiger partial charge in [-0.05, 0) is 18.4 Å². The van der Waals surface area contributed by atoms with Gasteiger partial charge in [-0.15, -0.1) is 0 Å². The van der Waals surface area contributed by atoms with Gasteiger partial charge in [0.25, 0.3) is 0 Å². The van der Waals surface area contributed by atoms with Crippen LogP contribution in [0, 0.1) is 5.92 Å². The highest BCUT2D eigenvalue weighted by atomic mass is 35.5. The molecule has 1 saturated carbocycles. The number of nitrogens with zero attached hydrogens (tertiary/aromatic N) is 3. The van der Waals surface area contributed by atoms with E-state index >= 15 is 0 Å². The third-order valence-corrected chi connectivity index (χ3v) is 9.44. The van der Waals surface area contributed by atoms with Crippen molar-refractivity contribution in [3.63, 3.8) is 0 Å². The van der Waals surface area contributed by atoms with E-state index in [1.54, 1.807) is 0 Å². The number of rotatable bonds is 6. The van der Waals surface area contributed by atoms with Gasteiger partial charge >= 0.3 is 5.97 Å². The Morgan fingerprint density at radius 1 is 0.919 bits per heavy atom. The van der Waals surface area contributed by atoms with E-state index in [9.17, 15) is 4.79 Å². The van der Waals surface area contributed by atoms with Gasteiger partial charge in [0.2, 0.25) is 0 Å². The molecule has 2 aromatic rings.